The van der Waals surface area contributed by atoms with E-state index >= 15 is 0 Å². The Bertz CT molecular complexity index is 4560. The van der Waals surface area contributed by atoms with Crippen LogP contribution in [0.2, 0.25) is 0 Å². The summed E-state index contributed by atoms with van der Waals surface area (Å²) in [6.07, 6.45) is 0. The Labute approximate surface area is 448 Å². The Balaban J connectivity index is 0.868. The second kappa shape index (κ2) is 18.3. The number of hydrogen-bond acceptors (Lipinski definition) is 4. The molecule has 354 valence electrons. The first kappa shape index (κ1) is 44.2. The van der Waals surface area contributed by atoms with Gasteiger partial charge in [0.05, 0.1) is 11.4 Å². The van der Waals surface area contributed by atoms with Crippen LogP contribution in [0, 0.1) is 0 Å². The van der Waals surface area contributed by atoms with E-state index < -0.39 is 0 Å². The van der Waals surface area contributed by atoms with Gasteiger partial charge < -0.3 is 0 Å². The third-order valence-electron chi connectivity index (χ3n) is 15.1. The summed E-state index contributed by atoms with van der Waals surface area (Å²) in [6, 6.07) is 97.3. The monoisotopic (exact) mass is 1000 g/mol. The molecule has 3 aromatic heterocycles. The lowest BCUT2D eigenvalue weighted by molar-refractivity contribution is 1.18. The second-order valence-electron chi connectivity index (χ2n) is 19.6. The molecule has 0 fully saturated rings. The Morgan fingerprint density at radius 3 is 1.28 bits per heavy atom. The second-order valence-corrected chi connectivity index (χ2v) is 21.8. The van der Waals surface area contributed by atoms with Crippen molar-refractivity contribution in [2.24, 2.45) is 0 Å². The van der Waals surface area contributed by atoms with Crippen LogP contribution in [-0.4, -0.2) is 9.97 Å². The molecule has 0 bridgehead atoms. The first-order valence-electron chi connectivity index (χ1n) is 25.8. The van der Waals surface area contributed by atoms with Crippen molar-refractivity contribution in [2.75, 3.05) is 0 Å². The Kier molecular flexibility index (Phi) is 10.6. The molecule has 0 unspecified atom stereocenters. The average Bonchev–Trinajstić information content (AvgIpc) is 4.11. The van der Waals surface area contributed by atoms with E-state index in [-0.39, 0.29) is 0 Å². The van der Waals surface area contributed by atoms with Gasteiger partial charge >= 0.3 is 0 Å². The van der Waals surface area contributed by atoms with Gasteiger partial charge in [0.1, 0.15) is 0 Å². The van der Waals surface area contributed by atoms with Crippen LogP contribution in [0.1, 0.15) is 0 Å². The van der Waals surface area contributed by atoms with E-state index in [1.54, 1.807) is 0 Å². The summed E-state index contributed by atoms with van der Waals surface area (Å²) in [6.45, 7) is 0. The van der Waals surface area contributed by atoms with Gasteiger partial charge in [-0.2, -0.15) is 0 Å². The minimum absolute atomic E-state index is 0.683. The normalized spacial score (nSPS) is 11.7. The maximum absolute atomic E-state index is 5.41. The van der Waals surface area contributed by atoms with Crippen molar-refractivity contribution in [1.29, 1.82) is 0 Å². The lowest BCUT2D eigenvalue weighted by Gasteiger charge is -2.14. The number of fused-ring (bicyclic) bond motifs is 9. The SMILES string of the molecule is c1ccc(-c2nc(-c3cccc(-c4ccc5ccc6ccccc6c5c4)c3)cc(-c3cc(-c4ccc(-c5cccc6c5sc5ccccc56)cc4)cc(-c4ccc(-c5cccc6c5sc5ccccc56)cc4)c3)n2)cc1. The van der Waals surface area contributed by atoms with Crippen molar-refractivity contribution in [3.05, 3.63) is 267 Å². The highest BCUT2D eigenvalue weighted by Gasteiger charge is 2.17. The fraction of sp³-hybridized carbons (Fsp3) is 0. The fourth-order valence-electron chi connectivity index (χ4n) is 11.2. The Morgan fingerprint density at radius 2 is 0.645 bits per heavy atom. The van der Waals surface area contributed by atoms with Crippen molar-refractivity contribution >= 4 is 84.6 Å². The van der Waals surface area contributed by atoms with Gasteiger partial charge in [0.25, 0.3) is 0 Å². The van der Waals surface area contributed by atoms with Gasteiger partial charge in [-0.3, -0.25) is 0 Å². The molecule has 0 saturated carbocycles. The van der Waals surface area contributed by atoms with Crippen molar-refractivity contribution in [1.82, 2.24) is 9.97 Å². The highest BCUT2D eigenvalue weighted by Crippen LogP contribution is 2.43. The standard InChI is InChI=1S/C72H44N2S2/c1-2-14-51(15-3-1)72-73-66(54-17-10-16-52(39-54)53-38-37-50-36-35-47-13-4-5-18-58(47)65(50)43-53)44-67(74-72)57-41-55(45-27-31-48(32-28-45)59-21-11-23-63-61-19-6-8-25-68(61)75-70(59)63)40-56(42-57)46-29-33-49(34-30-46)60-22-12-24-64-62-20-7-9-26-69(62)76-71(60)64/h1-44H. The Hall–Kier alpha value is -9.32. The molecular weight excluding hydrogens is 957 g/mol. The first-order chi connectivity index (χ1) is 37.6. The molecule has 3 heterocycles. The van der Waals surface area contributed by atoms with Gasteiger partial charge in [0, 0.05) is 57.0 Å². The van der Waals surface area contributed by atoms with Gasteiger partial charge in [-0.25, -0.2) is 9.97 Å². The quantitative estimate of drug-likeness (QED) is 0.142. The molecule has 0 aliphatic heterocycles. The van der Waals surface area contributed by atoms with E-state index in [1.165, 1.54) is 89.7 Å². The third kappa shape index (κ3) is 7.77. The average molecular weight is 1000 g/mol. The van der Waals surface area contributed by atoms with Gasteiger partial charge in [0.15, 0.2) is 5.82 Å². The number of nitrogens with zero attached hydrogens (tertiary/aromatic N) is 2. The van der Waals surface area contributed by atoms with Crippen LogP contribution in [0.5, 0.6) is 0 Å². The molecule has 4 heteroatoms. The van der Waals surface area contributed by atoms with E-state index in [0.717, 1.165) is 55.9 Å². The van der Waals surface area contributed by atoms with Crippen LogP contribution in [0.3, 0.4) is 0 Å². The maximum atomic E-state index is 5.41. The summed E-state index contributed by atoms with van der Waals surface area (Å²) in [4.78, 5) is 10.7. The number of aromatic nitrogens is 2. The van der Waals surface area contributed by atoms with Crippen LogP contribution in [-0.2, 0) is 0 Å². The first-order valence-corrected chi connectivity index (χ1v) is 27.4. The molecule has 12 aromatic carbocycles. The number of hydrogen-bond donors (Lipinski definition) is 0. The van der Waals surface area contributed by atoms with E-state index in [9.17, 15) is 0 Å². The van der Waals surface area contributed by atoms with Gasteiger partial charge in [0.2, 0.25) is 0 Å². The van der Waals surface area contributed by atoms with Crippen LogP contribution in [0.4, 0.5) is 0 Å². The van der Waals surface area contributed by atoms with E-state index in [0.29, 0.717) is 5.82 Å². The molecule has 0 amide bonds. The van der Waals surface area contributed by atoms with Crippen LogP contribution in [0.25, 0.3) is 151 Å². The lowest BCUT2D eigenvalue weighted by atomic mass is 9.92. The molecule has 0 aliphatic carbocycles. The lowest BCUT2D eigenvalue weighted by Crippen LogP contribution is -1.97. The number of thiophene rings is 2. The van der Waals surface area contributed by atoms with E-state index in [4.69, 9.17) is 9.97 Å². The summed E-state index contributed by atoms with van der Waals surface area (Å²) in [5, 5.41) is 10.2. The highest BCUT2D eigenvalue weighted by molar-refractivity contribution is 7.26. The molecule has 2 nitrogen and oxygen atoms in total. The zero-order valence-corrected chi connectivity index (χ0v) is 42.7. The molecule has 0 N–H and O–H groups in total. The van der Waals surface area contributed by atoms with Crippen LogP contribution in [0.15, 0.2) is 267 Å². The predicted octanol–water partition coefficient (Wildman–Crippen LogP) is 20.9. The summed E-state index contributed by atoms with van der Waals surface area (Å²) < 4.78 is 5.26. The van der Waals surface area contributed by atoms with Gasteiger partial charge in [-0.1, -0.05) is 218 Å². The minimum Gasteiger partial charge on any atom is -0.228 e. The van der Waals surface area contributed by atoms with Gasteiger partial charge in [-0.15, -0.1) is 22.7 Å². The van der Waals surface area contributed by atoms with Crippen LogP contribution < -0.4 is 0 Å². The summed E-state index contributed by atoms with van der Waals surface area (Å²) >= 11 is 3.74. The van der Waals surface area contributed by atoms with Gasteiger partial charge in [-0.05, 0) is 126 Å². The van der Waals surface area contributed by atoms with Crippen LogP contribution >= 0.6 is 22.7 Å². The maximum Gasteiger partial charge on any atom is 0.160 e. The zero-order chi connectivity index (χ0) is 50.1. The minimum atomic E-state index is 0.683. The van der Waals surface area contributed by atoms with Crippen molar-refractivity contribution < 1.29 is 0 Å². The summed E-state index contributed by atoms with van der Waals surface area (Å²) in [5.41, 5.74) is 16.5. The molecule has 76 heavy (non-hydrogen) atoms. The Morgan fingerprint density at radius 1 is 0.224 bits per heavy atom. The largest absolute Gasteiger partial charge is 0.228 e. The molecule has 15 aromatic rings. The molecule has 0 atom stereocenters. The van der Waals surface area contributed by atoms with E-state index in [1.807, 2.05) is 28.7 Å². The number of benzene rings is 12. The molecule has 0 radical (unpaired) electrons. The molecule has 0 spiro atoms. The summed E-state index contributed by atoms with van der Waals surface area (Å²) in [7, 11) is 0. The third-order valence-corrected chi connectivity index (χ3v) is 17.5. The zero-order valence-electron chi connectivity index (χ0n) is 41.1. The molecule has 0 saturated heterocycles. The predicted molar refractivity (Wildman–Crippen MR) is 326 cm³/mol. The fourth-order valence-corrected chi connectivity index (χ4v) is 13.7. The topological polar surface area (TPSA) is 25.8 Å². The van der Waals surface area contributed by atoms with Crippen molar-refractivity contribution in [2.45, 2.75) is 0 Å². The molecule has 0 aliphatic rings. The highest BCUT2D eigenvalue weighted by atomic mass is 32.1. The molecular formula is C72H44N2S2. The number of rotatable bonds is 8. The molecule has 15 rings (SSSR count). The van der Waals surface area contributed by atoms with Crippen molar-refractivity contribution in [3.63, 3.8) is 0 Å². The smallest absolute Gasteiger partial charge is 0.160 e. The van der Waals surface area contributed by atoms with E-state index in [2.05, 4.69) is 261 Å². The summed E-state index contributed by atoms with van der Waals surface area (Å²) in [5.74, 6) is 0.683. The van der Waals surface area contributed by atoms with Crippen molar-refractivity contribution in [3.8, 4) is 89.5 Å².